The first-order valence-electron chi connectivity index (χ1n) is 6.48. The molecule has 1 aromatic rings. The Morgan fingerprint density at radius 2 is 2.28 bits per heavy atom. The van der Waals surface area contributed by atoms with Crippen LogP contribution in [0.25, 0.3) is 0 Å². The van der Waals surface area contributed by atoms with E-state index in [-0.39, 0.29) is 17.4 Å². The second-order valence-electron chi connectivity index (χ2n) is 5.27. The van der Waals surface area contributed by atoms with E-state index < -0.39 is 0 Å². The molecule has 0 radical (unpaired) electrons. The lowest BCUT2D eigenvalue weighted by Crippen LogP contribution is -2.39. The van der Waals surface area contributed by atoms with Crippen LogP contribution in [0.15, 0.2) is 24.3 Å². The van der Waals surface area contributed by atoms with Gasteiger partial charge in [-0.05, 0) is 43.5 Å². The van der Waals surface area contributed by atoms with Crippen LogP contribution in [-0.4, -0.2) is 19.0 Å². The van der Waals surface area contributed by atoms with E-state index in [0.29, 0.717) is 0 Å². The summed E-state index contributed by atoms with van der Waals surface area (Å²) in [6.45, 7) is 1.75. The summed E-state index contributed by atoms with van der Waals surface area (Å²) in [6, 6.07) is 7.82. The highest BCUT2D eigenvalue weighted by Crippen LogP contribution is 2.46. The Labute approximate surface area is 112 Å². The molecule has 3 nitrogen and oxygen atoms in total. The summed E-state index contributed by atoms with van der Waals surface area (Å²) in [5, 5.41) is 7.17. The second kappa shape index (κ2) is 4.56. The van der Waals surface area contributed by atoms with Crippen LogP contribution in [0.4, 0.5) is 0 Å². The van der Waals surface area contributed by atoms with Crippen molar-refractivity contribution in [2.45, 2.75) is 24.8 Å². The first-order valence-corrected chi connectivity index (χ1v) is 6.86. The van der Waals surface area contributed by atoms with Crippen molar-refractivity contribution in [3.05, 3.63) is 34.9 Å². The van der Waals surface area contributed by atoms with E-state index in [2.05, 4.69) is 10.6 Å². The largest absolute Gasteiger partial charge is 0.346 e. The fourth-order valence-electron chi connectivity index (χ4n) is 2.61. The van der Waals surface area contributed by atoms with E-state index in [1.54, 1.807) is 0 Å². The molecule has 1 unspecified atom stereocenters. The molecule has 1 amide bonds. The predicted molar refractivity (Wildman–Crippen MR) is 71.5 cm³/mol. The maximum Gasteiger partial charge on any atom is 0.225 e. The molecule has 96 valence electrons. The minimum Gasteiger partial charge on any atom is -0.346 e. The van der Waals surface area contributed by atoms with Crippen molar-refractivity contribution in [2.24, 2.45) is 5.92 Å². The summed E-state index contributed by atoms with van der Waals surface area (Å²) < 4.78 is 0. The smallest absolute Gasteiger partial charge is 0.225 e. The van der Waals surface area contributed by atoms with Crippen LogP contribution < -0.4 is 10.6 Å². The van der Waals surface area contributed by atoms with Crippen molar-refractivity contribution in [1.82, 2.24) is 10.6 Å². The predicted octanol–water partition coefficient (Wildman–Crippen LogP) is 2.05. The zero-order chi connectivity index (χ0) is 12.6. The molecule has 1 atom stereocenters. The SMILES string of the molecule is O=C(NC1(c2cccc(Cl)c2)CC1)C1CCNC1. The molecule has 1 heterocycles. The van der Waals surface area contributed by atoms with E-state index in [1.807, 2.05) is 24.3 Å². The van der Waals surface area contributed by atoms with Gasteiger partial charge < -0.3 is 10.6 Å². The van der Waals surface area contributed by atoms with Gasteiger partial charge in [-0.15, -0.1) is 0 Å². The van der Waals surface area contributed by atoms with Crippen LogP contribution in [0.3, 0.4) is 0 Å². The number of halogens is 1. The van der Waals surface area contributed by atoms with Crippen molar-refractivity contribution in [3.8, 4) is 0 Å². The Kier molecular flexibility index (Phi) is 3.04. The fraction of sp³-hybridized carbons (Fsp3) is 0.500. The Hall–Kier alpha value is -1.06. The van der Waals surface area contributed by atoms with Crippen LogP contribution in [0.1, 0.15) is 24.8 Å². The highest BCUT2D eigenvalue weighted by atomic mass is 35.5. The average Bonchev–Trinajstić information content (AvgIpc) is 2.93. The minimum atomic E-state index is -0.148. The van der Waals surface area contributed by atoms with Gasteiger partial charge >= 0.3 is 0 Å². The molecule has 1 saturated carbocycles. The molecular formula is C14H17ClN2O. The molecular weight excluding hydrogens is 248 g/mol. The third-order valence-electron chi connectivity index (χ3n) is 3.92. The Morgan fingerprint density at radius 3 is 2.89 bits per heavy atom. The molecule has 0 aromatic heterocycles. The molecule has 2 fully saturated rings. The molecule has 2 aliphatic rings. The quantitative estimate of drug-likeness (QED) is 0.877. The number of hydrogen-bond acceptors (Lipinski definition) is 2. The molecule has 0 spiro atoms. The first kappa shape index (κ1) is 12.0. The molecule has 3 rings (SSSR count). The minimum absolute atomic E-state index is 0.127. The molecule has 1 aromatic carbocycles. The second-order valence-corrected chi connectivity index (χ2v) is 5.71. The van der Waals surface area contributed by atoms with E-state index in [0.717, 1.165) is 42.9 Å². The number of hydrogen-bond donors (Lipinski definition) is 2. The van der Waals surface area contributed by atoms with E-state index in [9.17, 15) is 4.79 Å². The summed E-state index contributed by atoms with van der Waals surface area (Å²) in [5.74, 6) is 0.305. The fourth-order valence-corrected chi connectivity index (χ4v) is 2.80. The Balaban J connectivity index is 1.73. The van der Waals surface area contributed by atoms with Gasteiger partial charge in [0.05, 0.1) is 11.5 Å². The number of amides is 1. The van der Waals surface area contributed by atoms with Crippen LogP contribution >= 0.6 is 11.6 Å². The normalized spacial score (nSPS) is 24.8. The van der Waals surface area contributed by atoms with Gasteiger partial charge in [-0.2, -0.15) is 0 Å². The number of carbonyl (C=O) groups is 1. The number of rotatable bonds is 3. The maximum atomic E-state index is 12.2. The lowest BCUT2D eigenvalue weighted by molar-refractivity contribution is -0.125. The van der Waals surface area contributed by atoms with Gasteiger partial charge in [-0.25, -0.2) is 0 Å². The number of carbonyl (C=O) groups excluding carboxylic acids is 1. The molecule has 1 saturated heterocycles. The third kappa shape index (κ3) is 2.25. The first-order chi connectivity index (χ1) is 8.70. The lowest BCUT2D eigenvalue weighted by Gasteiger charge is -2.20. The maximum absolute atomic E-state index is 12.2. The van der Waals surface area contributed by atoms with Crippen molar-refractivity contribution < 1.29 is 4.79 Å². The molecule has 1 aliphatic carbocycles. The molecule has 1 aliphatic heterocycles. The summed E-state index contributed by atoms with van der Waals surface area (Å²) in [4.78, 5) is 12.2. The standard InChI is InChI=1S/C14H17ClN2O/c15-12-3-1-2-11(8-12)14(5-6-14)17-13(18)10-4-7-16-9-10/h1-3,8,10,16H,4-7,9H2,(H,17,18). The number of benzene rings is 1. The van der Waals surface area contributed by atoms with Crippen LogP contribution in [0, 0.1) is 5.92 Å². The topological polar surface area (TPSA) is 41.1 Å². The lowest BCUT2D eigenvalue weighted by atomic mass is 10.0. The monoisotopic (exact) mass is 264 g/mol. The number of nitrogens with one attached hydrogen (secondary N) is 2. The summed E-state index contributed by atoms with van der Waals surface area (Å²) in [6.07, 6.45) is 2.97. The summed E-state index contributed by atoms with van der Waals surface area (Å²) in [5.41, 5.74) is 0.985. The third-order valence-corrected chi connectivity index (χ3v) is 4.16. The molecule has 2 N–H and O–H groups in total. The van der Waals surface area contributed by atoms with E-state index in [1.165, 1.54) is 0 Å². The van der Waals surface area contributed by atoms with Gasteiger partial charge in [0, 0.05) is 11.6 Å². The zero-order valence-electron chi connectivity index (χ0n) is 10.2. The van der Waals surface area contributed by atoms with Gasteiger partial charge in [0.15, 0.2) is 0 Å². The van der Waals surface area contributed by atoms with Gasteiger partial charge in [-0.3, -0.25) is 4.79 Å². The van der Waals surface area contributed by atoms with Crippen molar-refractivity contribution in [3.63, 3.8) is 0 Å². The van der Waals surface area contributed by atoms with Crippen LogP contribution in [0.2, 0.25) is 5.02 Å². The van der Waals surface area contributed by atoms with Crippen molar-refractivity contribution in [2.75, 3.05) is 13.1 Å². The van der Waals surface area contributed by atoms with Crippen LogP contribution in [0.5, 0.6) is 0 Å². The molecule has 4 heteroatoms. The van der Waals surface area contributed by atoms with E-state index in [4.69, 9.17) is 11.6 Å². The summed E-state index contributed by atoms with van der Waals surface area (Å²) in [7, 11) is 0. The zero-order valence-corrected chi connectivity index (χ0v) is 11.0. The van der Waals surface area contributed by atoms with Gasteiger partial charge in [-0.1, -0.05) is 23.7 Å². The van der Waals surface area contributed by atoms with Gasteiger partial charge in [0.25, 0.3) is 0 Å². The van der Waals surface area contributed by atoms with E-state index >= 15 is 0 Å². The highest BCUT2D eigenvalue weighted by Gasteiger charge is 2.46. The van der Waals surface area contributed by atoms with Gasteiger partial charge in [0.1, 0.15) is 0 Å². The van der Waals surface area contributed by atoms with Crippen LogP contribution in [-0.2, 0) is 10.3 Å². The van der Waals surface area contributed by atoms with Gasteiger partial charge in [0.2, 0.25) is 5.91 Å². The molecule has 18 heavy (non-hydrogen) atoms. The van der Waals surface area contributed by atoms with Crippen molar-refractivity contribution in [1.29, 1.82) is 0 Å². The summed E-state index contributed by atoms with van der Waals surface area (Å²) >= 11 is 6.02. The van der Waals surface area contributed by atoms with Crippen molar-refractivity contribution >= 4 is 17.5 Å². The Morgan fingerprint density at radius 1 is 1.44 bits per heavy atom. The Bertz CT molecular complexity index is 465. The highest BCUT2D eigenvalue weighted by molar-refractivity contribution is 6.30. The average molecular weight is 265 g/mol. The molecule has 0 bridgehead atoms.